The number of ether oxygens (including phenoxy) is 1. The van der Waals surface area contributed by atoms with Crippen LogP contribution in [-0.2, 0) is 4.74 Å². The van der Waals surface area contributed by atoms with Crippen molar-refractivity contribution in [3.8, 4) is 0 Å². The zero-order chi connectivity index (χ0) is 9.90. The van der Waals surface area contributed by atoms with Crippen LogP contribution in [0.3, 0.4) is 0 Å². The van der Waals surface area contributed by atoms with Gasteiger partial charge in [-0.25, -0.2) is 0 Å². The first-order valence-electron chi connectivity index (χ1n) is 5.01. The second kappa shape index (κ2) is 4.25. The Morgan fingerprint density at radius 1 is 1.62 bits per heavy atom. The van der Waals surface area contributed by atoms with Gasteiger partial charge in [-0.3, -0.25) is 0 Å². The predicted octanol–water partition coefficient (Wildman–Crippen LogP) is 2.11. The molecule has 1 heterocycles. The van der Waals surface area contributed by atoms with Crippen LogP contribution in [0, 0.1) is 0 Å². The minimum absolute atomic E-state index is 0.0466. The molecular weight excluding hydrogens is 162 g/mol. The van der Waals surface area contributed by atoms with E-state index in [1.165, 1.54) is 5.57 Å². The standard InChI is InChI=1S/C11H21NO/c1-9(2)8-12-10-5-6-13-11(3,4)7-10/h10,12H,1,5-8H2,2-4H3. The van der Waals surface area contributed by atoms with Crippen LogP contribution in [-0.4, -0.2) is 24.8 Å². The summed E-state index contributed by atoms with van der Waals surface area (Å²) in [5.74, 6) is 0. The van der Waals surface area contributed by atoms with E-state index < -0.39 is 0 Å². The molecule has 1 N–H and O–H groups in total. The first-order chi connectivity index (χ1) is 5.99. The van der Waals surface area contributed by atoms with Gasteiger partial charge in [0.1, 0.15) is 0 Å². The van der Waals surface area contributed by atoms with Crippen molar-refractivity contribution in [2.75, 3.05) is 13.2 Å². The molecule has 1 unspecified atom stereocenters. The van der Waals surface area contributed by atoms with E-state index in [1.54, 1.807) is 0 Å². The fraction of sp³-hybridized carbons (Fsp3) is 0.818. The summed E-state index contributed by atoms with van der Waals surface area (Å²) in [6, 6.07) is 0.598. The van der Waals surface area contributed by atoms with Crippen molar-refractivity contribution in [3.05, 3.63) is 12.2 Å². The summed E-state index contributed by atoms with van der Waals surface area (Å²) in [6.45, 7) is 12.1. The van der Waals surface area contributed by atoms with Gasteiger partial charge < -0.3 is 10.1 Å². The Morgan fingerprint density at radius 2 is 2.31 bits per heavy atom. The Labute approximate surface area is 81.4 Å². The second-order valence-corrected chi connectivity index (χ2v) is 4.64. The highest BCUT2D eigenvalue weighted by Gasteiger charge is 2.28. The van der Waals surface area contributed by atoms with E-state index in [1.807, 2.05) is 0 Å². The fourth-order valence-electron chi connectivity index (χ4n) is 1.72. The molecule has 0 aromatic rings. The molecule has 2 heteroatoms. The quantitative estimate of drug-likeness (QED) is 0.677. The average molecular weight is 183 g/mol. The lowest BCUT2D eigenvalue weighted by Crippen LogP contribution is -2.44. The molecule has 1 aliphatic heterocycles. The lowest BCUT2D eigenvalue weighted by Gasteiger charge is -2.36. The monoisotopic (exact) mass is 183 g/mol. The van der Waals surface area contributed by atoms with Crippen LogP contribution in [0.4, 0.5) is 0 Å². The molecule has 1 aliphatic rings. The lowest BCUT2D eigenvalue weighted by atomic mass is 9.94. The van der Waals surface area contributed by atoms with Gasteiger partial charge in [0.2, 0.25) is 0 Å². The third-order valence-corrected chi connectivity index (χ3v) is 2.39. The van der Waals surface area contributed by atoms with Crippen molar-refractivity contribution >= 4 is 0 Å². The van der Waals surface area contributed by atoms with Gasteiger partial charge in [-0.05, 0) is 33.6 Å². The molecule has 0 aromatic carbocycles. The van der Waals surface area contributed by atoms with Crippen LogP contribution >= 0.6 is 0 Å². The number of rotatable bonds is 3. The molecule has 0 spiro atoms. The maximum absolute atomic E-state index is 5.64. The summed E-state index contributed by atoms with van der Waals surface area (Å²) in [4.78, 5) is 0. The molecule has 2 nitrogen and oxygen atoms in total. The molecule has 13 heavy (non-hydrogen) atoms. The molecule has 0 aliphatic carbocycles. The van der Waals surface area contributed by atoms with Gasteiger partial charge in [0.25, 0.3) is 0 Å². The summed E-state index contributed by atoms with van der Waals surface area (Å²) in [6.07, 6.45) is 2.22. The molecule has 0 radical (unpaired) electrons. The van der Waals surface area contributed by atoms with Crippen LogP contribution in [0.25, 0.3) is 0 Å². The molecule has 1 rings (SSSR count). The van der Waals surface area contributed by atoms with Crippen molar-refractivity contribution in [2.24, 2.45) is 0 Å². The topological polar surface area (TPSA) is 21.3 Å². The normalized spacial score (nSPS) is 27.2. The molecule has 0 bridgehead atoms. The molecule has 0 amide bonds. The van der Waals surface area contributed by atoms with Gasteiger partial charge in [0.05, 0.1) is 5.60 Å². The minimum atomic E-state index is 0.0466. The predicted molar refractivity (Wildman–Crippen MR) is 55.9 cm³/mol. The van der Waals surface area contributed by atoms with Gasteiger partial charge in [-0.2, -0.15) is 0 Å². The van der Waals surface area contributed by atoms with Crippen LogP contribution < -0.4 is 5.32 Å². The lowest BCUT2D eigenvalue weighted by molar-refractivity contribution is -0.0624. The maximum Gasteiger partial charge on any atom is 0.0641 e. The average Bonchev–Trinajstić information content (AvgIpc) is 1.99. The third kappa shape index (κ3) is 3.92. The van der Waals surface area contributed by atoms with E-state index in [4.69, 9.17) is 4.74 Å². The first kappa shape index (κ1) is 10.7. The van der Waals surface area contributed by atoms with Gasteiger partial charge >= 0.3 is 0 Å². The van der Waals surface area contributed by atoms with Crippen molar-refractivity contribution in [1.82, 2.24) is 5.32 Å². The Bertz CT molecular complexity index is 187. The smallest absolute Gasteiger partial charge is 0.0641 e. The van der Waals surface area contributed by atoms with Crippen LogP contribution in [0.1, 0.15) is 33.6 Å². The molecule has 76 valence electrons. The van der Waals surface area contributed by atoms with Gasteiger partial charge in [0, 0.05) is 19.2 Å². The second-order valence-electron chi connectivity index (χ2n) is 4.64. The highest BCUT2D eigenvalue weighted by molar-refractivity contribution is 4.93. The van der Waals surface area contributed by atoms with Crippen molar-refractivity contribution in [1.29, 1.82) is 0 Å². The molecule has 1 atom stereocenters. The highest BCUT2D eigenvalue weighted by Crippen LogP contribution is 2.23. The zero-order valence-corrected chi connectivity index (χ0v) is 9.02. The number of nitrogens with one attached hydrogen (secondary N) is 1. The summed E-state index contributed by atoms with van der Waals surface area (Å²) in [7, 11) is 0. The van der Waals surface area contributed by atoms with Crippen LogP contribution in [0.15, 0.2) is 12.2 Å². The fourth-order valence-corrected chi connectivity index (χ4v) is 1.72. The maximum atomic E-state index is 5.64. The van der Waals surface area contributed by atoms with E-state index in [9.17, 15) is 0 Å². The summed E-state index contributed by atoms with van der Waals surface area (Å²) in [5.41, 5.74) is 1.25. The summed E-state index contributed by atoms with van der Waals surface area (Å²) in [5, 5.41) is 3.50. The van der Waals surface area contributed by atoms with E-state index in [-0.39, 0.29) is 5.60 Å². The minimum Gasteiger partial charge on any atom is -0.375 e. The Kier molecular flexibility index (Phi) is 3.51. The van der Waals surface area contributed by atoms with E-state index in [2.05, 4.69) is 32.7 Å². The van der Waals surface area contributed by atoms with Crippen LogP contribution in [0.5, 0.6) is 0 Å². The first-order valence-corrected chi connectivity index (χ1v) is 5.01. The van der Waals surface area contributed by atoms with Gasteiger partial charge in [-0.1, -0.05) is 12.2 Å². The van der Waals surface area contributed by atoms with Crippen molar-refractivity contribution in [3.63, 3.8) is 0 Å². The molecule has 0 aromatic heterocycles. The van der Waals surface area contributed by atoms with Gasteiger partial charge in [-0.15, -0.1) is 0 Å². The molecule has 1 saturated heterocycles. The Hall–Kier alpha value is -0.340. The largest absolute Gasteiger partial charge is 0.375 e. The van der Waals surface area contributed by atoms with Crippen LogP contribution in [0.2, 0.25) is 0 Å². The number of hydrogen-bond donors (Lipinski definition) is 1. The highest BCUT2D eigenvalue weighted by atomic mass is 16.5. The van der Waals surface area contributed by atoms with Crippen molar-refractivity contribution < 1.29 is 4.74 Å². The summed E-state index contributed by atoms with van der Waals surface area (Å²) >= 11 is 0. The molecule has 0 saturated carbocycles. The Morgan fingerprint density at radius 3 is 2.85 bits per heavy atom. The number of hydrogen-bond acceptors (Lipinski definition) is 2. The summed E-state index contributed by atoms with van der Waals surface area (Å²) < 4.78 is 5.64. The van der Waals surface area contributed by atoms with Crippen molar-refractivity contribution in [2.45, 2.75) is 45.3 Å². The van der Waals surface area contributed by atoms with E-state index >= 15 is 0 Å². The van der Waals surface area contributed by atoms with E-state index in [0.717, 1.165) is 26.0 Å². The van der Waals surface area contributed by atoms with Gasteiger partial charge in [0.15, 0.2) is 0 Å². The Balaban J connectivity index is 2.30. The van der Waals surface area contributed by atoms with E-state index in [0.29, 0.717) is 6.04 Å². The third-order valence-electron chi connectivity index (χ3n) is 2.39. The SMILES string of the molecule is C=C(C)CNC1CCOC(C)(C)C1. The molecule has 1 fully saturated rings. The zero-order valence-electron chi connectivity index (χ0n) is 9.02. The molecular formula is C11H21NO.